The van der Waals surface area contributed by atoms with E-state index in [0.29, 0.717) is 5.56 Å². The average Bonchev–Trinajstić information content (AvgIpc) is 3.18. The minimum Gasteiger partial charge on any atom is -0.480 e. The molecule has 3 aromatic rings. The highest BCUT2D eigenvalue weighted by molar-refractivity contribution is 6.30. The highest BCUT2D eigenvalue weighted by atomic mass is 35.5. The Kier molecular flexibility index (Phi) is 3.97. The van der Waals surface area contributed by atoms with Crippen LogP contribution in [0.4, 0.5) is 0 Å². The Morgan fingerprint density at radius 3 is 2.76 bits per heavy atom. The average molecular weight is 410 g/mol. The van der Waals surface area contributed by atoms with Gasteiger partial charge in [0.25, 0.3) is 5.91 Å². The number of aryl methyl sites for hydroxylation is 3. The van der Waals surface area contributed by atoms with Crippen molar-refractivity contribution in [2.45, 2.75) is 38.2 Å². The van der Waals surface area contributed by atoms with Crippen LogP contribution in [0.2, 0.25) is 5.02 Å². The second kappa shape index (κ2) is 6.23. The van der Waals surface area contributed by atoms with Crippen LogP contribution in [-0.4, -0.2) is 34.5 Å². The number of benzene rings is 2. The number of ether oxygens (including phenoxy) is 1. The van der Waals surface area contributed by atoms with Crippen molar-refractivity contribution < 1.29 is 9.53 Å². The van der Waals surface area contributed by atoms with Crippen LogP contribution < -0.4 is 4.74 Å². The summed E-state index contributed by atoms with van der Waals surface area (Å²) in [5, 5.41) is 0.763. The highest BCUT2D eigenvalue weighted by Gasteiger charge is 2.45. The minimum atomic E-state index is -0.370. The van der Waals surface area contributed by atoms with Crippen molar-refractivity contribution in [3.63, 3.8) is 0 Å². The van der Waals surface area contributed by atoms with Gasteiger partial charge in [-0.05, 0) is 61.9 Å². The Balaban J connectivity index is 1.73. The molecule has 0 saturated carbocycles. The quantitative estimate of drug-likeness (QED) is 0.598. The Morgan fingerprint density at radius 1 is 1.24 bits per heavy atom. The van der Waals surface area contributed by atoms with Crippen LogP contribution in [0.3, 0.4) is 0 Å². The van der Waals surface area contributed by atoms with E-state index in [1.165, 1.54) is 11.1 Å². The monoisotopic (exact) mass is 409 g/mol. The lowest BCUT2D eigenvalue weighted by Crippen LogP contribution is -2.36. The highest BCUT2D eigenvalue weighted by Crippen LogP contribution is 2.50. The molecule has 0 N–H and O–H groups in total. The topological polar surface area (TPSA) is 47.4 Å². The van der Waals surface area contributed by atoms with Crippen molar-refractivity contribution >= 4 is 28.5 Å². The maximum absolute atomic E-state index is 13.0. The molecule has 1 spiro atoms. The molecule has 1 aliphatic heterocycles. The van der Waals surface area contributed by atoms with E-state index in [2.05, 4.69) is 12.1 Å². The van der Waals surface area contributed by atoms with Crippen molar-refractivity contribution in [1.82, 2.24) is 14.5 Å². The fraction of sp³-hybridized carbons (Fsp3) is 0.391. The van der Waals surface area contributed by atoms with Crippen LogP contribution in [0.5, 0.6) is 5.75 Å². The lowest BCUT2D eigenvalue weighted by molar-refractivity contribution is 0.0456. The molecule has 0 radical (unpaired) electrons. The molecule has 1 unspecified atom stereocenters. The van der Waals surface area contributed by atoms with E-state index in [1.807, 2.05) is 30.7 Å². The van der Waals surface area contributed by atoms with Crippen LogP contribution >= 0.6 is 11.6 Å². The number of nitrogens with zero attached hydrogens (tertiary/aromatic N) is 3. The van der Waals surface area contributed by atoms with Gasteiger partial charge >= 0.3 is 0 Å². The molecule has 2 aliphatic rings. The summed E-state index contributed by atoms with van der Waals surface area (Å²) in [6, 6.07) is 8.07. The molecular weight excluding hydrogens is 386 g/mol. The molecule has 150 valence electrons. The van der Waals surface area contributed by atoms with Crippen molar-refractivity contribution in [3.05, 3.63) is 57.4 Å². The maximum Gasteiger partial charge on any atom is 0.253 e. The van der Waals surface area contributed by atoms with Crippen molar-refractivity contribution in [2.24, 2.45) is 7.05 Å². The minimum absolute atomic E-state index is 0.000145. The third-order valence-corrected chi connectivity index (χ3v) is 6.76. The van der Waals surface area contributed by atoms with Gasteiger partial charge in [0.2, 0.25) is 0 Å². The molecule has 1 aromatic heterocycles. The predicted octanol–water partition coefficient (Wildman–Crippen LogP) is 4.40. The van der Waals surface area contributed by atoms with Gasteiger partial charge in [0.1, 0.15) is 16.9 Å². The van der Waals surface area contributed by atoms with Gasteiger partial charge in [0.05, 0.1) is 5.52 Å². The number of hydrogen-bond donors (Lipinski definition) is 0. The number of carbonyl (C=O) groups is 1. The summed E-state index contributed by atoms with van der Waals surface area (Å²) in [5.74, 6) is 1.67. The van der Waals surface area contributed by atoms with Crippen molar-refractivity contribution in [2.75, 3.05) is 14.1 Å². The van der Waals surface area contributed by atoms with Crippen LogP contribution in [0.1, 0.15) is 45.7 Å². The Morgan fingerprint density at radius 2 is 2.00 bits per heavy atom. The zero-order chi connectivity index (χ0) is 20.5. The van der Waals surface area contributed by atoms with E-state index in [4.69, 9.17) is 21.3 Å². The van der Waals surface area contributed by atoms with E-state index in [1.54, 1.807) is 19.0 Å². The van der Waals surface area contributed by atoms with E-state index >= 15 is 0 Å². The van der Waals surface area contributed by atoms with Gasteiger partial charge in [-0.1, -0.05) is 17.7 Å². The lowest BCUT2D eigenvalue weighted by atomic mass is 9.84. The molecule has 6 heteroatoms. The van der Waals surface area contributed by atoms with Gasteiger partial charge in [-0.2, -0.15) is 0 Å². The molecular formula is C23H24ClN3O2. The van der Waals surface area contributed by atoms with E-state index < -0.39 is 0 Å². The summed E-state index contributed by atoms with van der Waals surface area (Å²) in [4.78, 5) is 19.4. The van der Waals surface area contributed by atoms with Crippen LogP contribution in [0.15, 0.2) is 24.3 Å². The molecule has 29 heavy (non-hydrogen) atoms. The molecule has 1 atom stereocenters. The number of hydrogen-bond acceptors (Lipinski definition) is 3. The van der Waals surface area contributed by atoms with Gasteiger partial charge < -0.3 is 14.2 Å². The second-order valence-electron chi connectivity index (χ2n) is 8.41. The molecule has 0 saturated heterocycles. The standard InChI is InChI=1S/C23H24ClN3O2/c1-13-25-20-19(27(13)4)12-17(22(28)26(2)3)16-8-10-23(29-21(16)20)9-7-14-11-15(24)5-6-18(14)23/h5-6,11-12H,7-10H2,1-4H3. The zero-order valence-corrected chi connectivity index (χ0v) is 17.9. The summed E-state index contributed by atoms with van der Waals surface area (Å²) in [6.07, 6.45) is 3.50. The molecule has 2 aromatic carbocycles. The number of halogens is 1. The third-order valence-electron chi connectivity index (χ3n) is 6.53. The fourth-order valence-electron chi connectivity index (χ4n) is 4.86. The predicted molar refractivity (Wildman–Crippen MR) is 114 cm³/mol. The van der Waals surface area contributed by atoms with Gasteiger partial charge in [-0.25, -0.2) is 4.98 Å². The second-order valence-corrected chi connectivity index (χ2v) is 8.85. The fourth-order valence-corrected chi connectivity index (χ4v) is 5.06. The summed E-state index contributed by atoms with van der Waals surface area (Å²) < 4.78 is 8.83. The first-order chi connectivity index (χ1) is 13.8. The largest absolute Gasteiger partial charge is 0.480 e. The Hall–Kier alpha value is -2.53. The molecule has 1 aliphatic carbocycles. The number of fused-ring (bicyclic) bond motifs is 5. The van der Waals surface area contributed by atoms with Crippen molar-refractivity contribution in [3.8, 4) is 5.75 Å². The van der Waals surface area contributed by atoms with Gasteiger partial charge in [0.15, 0.2) is 5.75 Å². The van der Waals surface area contributed by atoms with E-state index in [9.17, 15) is 4.79 Å². The molecule has 1 amide bonds. The number of imidazole rings is 1. The summed E-state index contributed by atoms with van der Waals surface area (Å²) >= 11 is 6.22. The number of amides is 1. The smallest absolute Gasteiger partial charge is 0.253 e. The van der Waals surface area contributed by atoms with Crippen LogP contribution in [-0.2, 0) is 25.5 Å². The first-order valence-electron chi connectivity index (χ1n) is 9.99. The van der Waals surface area contributed by atoms with Gasteiger partial charge in [-0.15, -0.1) is 0 Å². The summed E-state index contributed by atoms with van der Waals surface area (Å²) in [6.45, 7) is 1.98. The molecule has 0 fully saturated rings. The van der Waals surface area contributed by atoms with Gasteiger partial charge in [-0.3, -0.25) is 4.79 Å². The first kappa shape index (κ1) is 18.5. The zero-order valence-electron chi connectivity index (χ0n) is 17.2. The molecule has 5 nitrogen and oxygen atoms in total. The molecule has 0 bridgehead atoms. The number of aromatic nitrogens is 2. The normalized spacial score (nSPS) is 19.9. The summed E-state index contributed by atoms with van der Waals surface area (Å²) in [7, 11) is 5.55. The maximum atomic E-state index is 13.0. The van der Waals surface area contributed by atoms with Gasteiger partial charge in [0, 0.05) is 37.3 Å². The molecule has 2 heterocycles. The van der Waals surface area contributed by atoms with E-state index in [-0.39, 0.29) is 11.5 Å². The van der Waals surface area contributed by atoms with Crippen LogP contribution in [0, 0.1) is 6.92 Å². The van der Waals surface area contributed by atoms with E-state index in [0.717, 1.165) is 58.9 Å². The third kappa shape index (κ3) is 2.60. The lowest BCUT2D eigenvalue weighted by Gasteiger charge is -2.37. The number of rotatable bonds is 1. The number of carbonyl (C=O) groups excluding carboxylic acids is 1. The van der Waals surface area contributed by atoms with Crippen LogP contribution in [0.25, 0.3) is 11.0 Å². The van der Waals surface area contributed by atoms with Crippen molar-refractivity contribution in [1.29, 1.82) is 0 Å². The Bertz CT molecular complexity index is 1180. The summed E-state index contributed by atoms with van der Waals surface area (Å²) in [5.41, 5.74) is 5.57. The SMILES string of the molecule is Cc1nc2c3c(c(C(=O)N(C)C)cc2n1C)CCC1(CCc2cc(Cl)ccc21)O3. The molecule has 5 rings (SSSR count). The first-order valence-corrected chi connectivity index (χ1v) is 10.4. The Labute approximate surface area is 175 Å².